The third-order valence-corrected chi connectivity index (χ3v) is 3.23. The summed E-state index contributed by atoms with van der Waals surface area (Å²) >= 11 is 0. The van der Waals surface area contributed by atoms with Crippen LogP contribution in [0, 0.1) is 0 Å². The Kier molecular flexibility index (Phi) is 4.85. The first-order valence-electron chi connectivity index (χ1n) is 6.38. The SMILES string of the molecule is COC(OC)C(C)NCc1ccnc2ccccc12. The second-order valence-corrected chi connectivity index (χ2v) is 4.50. The van der Waals surface area contributed by atoms with Crippen molar-refractivity contribution >= 4 is 10.9 Å². The van der Waals surface area contributed by atoms with E-state index in [1.54, 1.807) is 14.2 Å². The van der Waals surface area contributed by atoms with Gasteiger partial charge >= 0.3 is 0 Å². The molecule has 102 valence electrons. The average Bonchev–Trinajstić information content (AvgIpc) is 2.46. The molecule has 1 N–H and O–H groups in total. The third-order valence-electron chi connectivity index (χ3n) is 3.23. The minimum absolute atomic E-state index is 0.113. The summed E-state index contributed by atoms with van der Waals surface area (Å²) < 4.78 is 10.5. The summed E-state index contributed by atoms with van der Waals surface area (Å²) in [7, 11) is 3.29. The second-order valence-electron chi connectivity index (χ2n) is 4.50. The van der Waals surface area contributed by atoms with Crippen LogP contribution >= 0.6 is 0 Å². The lowest BCUT2D eigenvalue weighted by atomic mass is 10.1. The molecule has 1 aromatic heterocycles. The normalized spacial score (nSPS) is 13.1. The van der Waals surface area contributed by atoms with Gasteiger partial charge in [0.05, 0.1) is 11.6 Å². The maximum absolute atomic E-state index is 5.24. The molecule has 0 radical (unpaired) electrons. The smallest absolute Gasteiger partial charge is 0.171 e. The fourth-order valence-electron chi connectivity index (χ4n) is 2.18. The lowest BCUT2D eigenvalue weighted by Crippen LogP contribution is -2.39. The number of hydrogen-bond acceptors (Lipinski definition) is 4. The fraction of sp³-hybridized carbons (Fsp3) is 0.400. The summed E-state index contributed by atoms with van der Waals surface area (Å²) in [5.41, 5.74) is 2.24. The number of pyridine rings is 1. The van der Waals surface area contributed by atoms with Crippen molar-refractivity contribution < 1.29 is 9.47 Å². The summed E-state index contributed by atoms with van der Waals surface area (Å²) in [5, 5.41) is 4.59. The average molecular weight is 260 g/mol. The van der Waals surface area contributed by atoms with E-state index in [-0.39, 0.29) is 12.3 Å². The highest BCUT2D eigenvalue weighted by atomic mass is 16.7. The van der Waals surface area contributed by atoms with Crippen molar-refractivity contribution in [3.05, 3.63) is 42.1 Å². The number of benzene rings is 1. The zero-order valence-electron chi connectivity index (χ0n) is 11.6. The van der Waals surface area contributed by atoms with Crippen LogP contribution in [0.5, 0.6) is 0 Å². The summed E-state index contributed by atoms with van der Waals surface area (Å²) in [4.78, 5) is 4.36. The molecular weight excluding hydrogens is 240 g/mol. The van der Waals surface area contributed by atoms with Crippen LogP contribution in [-0.2, 0) is 16.0 Å². The largest absolute Gasteiger partial charge is 0.354 e. The predicted molar refractivity (Wildman–Crippen MR) is 75.9 cm³/mol. The van der Waals surface area contributed by atoms with E-state index in [1.807, 2.05) is 37.4 Å². The highest BCUT2D eigenvalue weighted by Crippen LogP contribution is 2.16. The standard InChI is InChI=1S/C15H20N2O2/c1-11(15(18-2)19-3)17-10-12-8-9-16-14-7-5-4-6-13(12)14/h4-9,11,15,17H,10H2,1-3H3. The molecular formula is C15H20N2O2. The molecule has 0 aliphatic heterocycles. The number of nitrogens with one attached hydrogen (secondary N) is 1. The monoisotopic (exact) mass is 260 g/mol. The Morgan fingerprint density at radius 2 is 1.89 bits per heavy atom. The van der Waals surface area contributed by atoms with Crippen LogP contribution in [0.4, 0.5) is 0 Å². The molecule has 0 fully saturated rings. The lowest BCUT2D eigenvalue weighted by molar-refractivity contribution is -0.119. The maximum atomic E-state index is 5.24. The topological polar surface area (TPSA) is 43.4 Å². The Labute approximate surface area is 113 Å². The van der Waals surface area contributed by atoms with Crippen molar-refractivity contribution in [1.29, 1.82) is 0 Å². The Balaban J connectivity index is 2.09. The van der Waals surface area contributed by atoms with Gasteiger partial charge in [0.2, 0.25) is 0 Å². The van der Waals surface area contributed by atoms with E-state index in [2.05, 4.69) is 16.4 Å². The lowest BCUT2D eigenvalue weighted by Gasteiger charge is -2.22. The van der Waals surface area contributed by atoms with Gasteiger partial charge < -0.3 is 14.8 Å². The van der Waals surface area contributed by atoms with Crippen LogP contribution in [-0.4, -0.2) is 31.5 Å². The van der Waals surface area contributed by atoms with Crippen molar-refractivity contribution in [1.82, 2.24) is 10.3 Å². The molecule has 0 aliphatic rings. The van der Waals surface area contributed by atoms with E-state index in [0.717, 1.165) is 12.1 Å². The van der Waals surface area contributed by atoms with Crippen molar-refractivity contribution in [3.8, 4) is 0 Å². The van der Waals surface area contributed by atoms with Crippen molar-refractivity contribution in [2.45, 2.75) is 25.8 Å². The number of methoxy groups -OCH3 is 2. The van der Waals surface area contributed by atoms with Crippen LogP contribution in [0.1, 0.15) is 12.5 Å². The summed E-state index contributed by atoms with van der Waals surface area (Å²) in [6.07, 6.45) is 1.60. The van der Waals surface area contributed by atoms with Crippen LogP contribution in [0.2, 0.25) is 0 Å². The summed E-state index contributed by atoms with van der Waals surface area (Å²) in [6.45, 7) is 2.80. The molecule has 0 bridgehead atoms. The summed E-state index contributed by atoms with van der Waals surface area (Å²) in [6, 6.07) is 10.3. The minimum atomic E-state index is -0.242. The van der Waals surface area contributed by atoms with Crippen LogP contribution in [0.3, 0.4) is 0 Å². The van der Waals surface area contributed by atoms with E-state index in [1.165, 1.54) is 10.9 Å². The molecule has 0 saturated heterocycles. The van der Waals surface area contributed by atoms with E-state index >= 15 is 0 Å². The van der Waals surface area contributed by atoms with Crippen molar-refractivity contribution in [3.63, 3.8) is 0 Å². The first-order chi connectivity index (χ1) is 9.26. The number of fused-ring (bicyclic) bond motifs is 1. The van der Waals surface area contributed by atoms with Gasteiger partial charge in [-0.1, -0.05) is 18.2 Å². The van der Waals surface area contributed by atoms with Crippen LogP contribution < -0.4 is 5.32 Å². The van der Waals surface area contributed by atoms with Gasteiger partial charge in [-0.3, -0.25) is 4.98 Å². The van der Waals surface area contributed by atoms with Gasteiger partial charge in [-0.2, -0.15) is 0 Å². The maximum Gasteiger partial charge on any atom is 0.171 e. The molecule has 2 aromatic rings. The first-order valence-corrected chi connectivity index (χ1v) is 6.38. The van der Waals surface area contributed by atoms with Gasteiger partial charge in [0, 0.05) is 32.3 Å². The van der Waals surface area contributed by atoms with E-state index in [9.17, 15) is 0 Å². The van der Waals surface area contributed by atoms with Gasteiger partial charge in [0.25, 0.3) is 0 Å². The van der Waals surface area contributed by atoms with Gasteiger partial charge in [-0.15, -0.1) is 0 Å². The van der Waals surface area contributed by atoms with Gasteiger partial charge in [0.1, 0.15) is 0 Å². The van der Waals surface area contributed by atoms with Gasteiger partial charge in [-0.25, -0.2) is 0 Å². The van der Waals surface area contributed by atoms with E-state index < -0.39 is 0 Å². The molecule has 4 nitrogen and oxygen atoms in total. The number of aromatic nitrogens is 1. The Hall–Kier alpha value is -1.49. The highest BCUT2D eigenvalue weighted by Gasteiger charge is 2.15. The second kappa shape index (κ2) is 6.61. The zero-order valence-corrected chi connectivity index (χ0v) is 11.6. The molecule has 1 heterocycles. The third kappa shape index (κ3) is 3.29. The molecule has 0 amide bonds. The Morgan fingerprint density at radius 3 is 2.63 bits per heavy atom. The fourth-order valence-corrected chi connectivity index (χ4v) is 2.18. The molecule has 0 spiro atoms. The Morgan fingerprint density at radius 1 is 1.16 bits per heavy atom. The van der Waals surface area contributed by atoms with E-state index in [4.69, 9.17) is 9.47 Å². The molecule has 1 aromatic carbocycles. The molecule has 1 unspecified atom stereocenters. The van der Waals surface area contributed by atoms with Crippen molar-refractivity contribution in [2.75, 3.05) is 14.2 Å². The highest BCUT2D eigenvalue weighted by molar-refractivity contribution is 5.81. The molecule has 0 aliphatic carbocycles. The number of para-hydroxylation sites is 1. The zero-order chi connectivity index (χ0) is 13.7. The van der Waals surface area contributed by atoms with Crippen molar-refractivity contribution in [2.24, 2.45) is 0 Å². The van der Waals surface area contributed by atoms with Crippen LogP contribution in [0.25, 0.3) is 10.9 Å². The molecule has 0 saturated carbocycles. The molecule has 19 heavy (non-hydrogen) atoms. The number of nitrogens with zero attached hydrogens (tertiary/aromatic N) is 1. The van der Waals surface area contributed by atoms with Gasteiger partial charge in [0.15, 0.2) is 6.29 Å². The summed E-state index contributed by atoms with van der Waals surface area (Å²) in [5.74, 6) is 0. The number of rotatable bonds is 6. The number of ether oxygens (including phenoxy) is 2. The predicted octanol–water partition coefficient (Wildman–Crippen LogP) is 2.33. The molecule has 1 atom stereocenters. The van der Waals surface area contributed by atoms with Gasteiger partial charge in [-0.05, 0) is 24.6 Å². The van der Waals surface area contributed by atoms with E-state index in [0.29, 0.717) is 0 Å². The molecule has 4 heteroatoms. The quantitative estimate of drug-likeness (QED) is 0.810. The molecule has 2 rings (SSSR count). The Bertz CT molecular complexity index is 521. The number of hydrogen-bond donors (Lipinski definition) is 1. The minimum Gasteiger partial charge on any atom is -0.354 e. The van der Waals surface area contributed by atoms with Crippen LogP contribution in [0.15, 0.2) is 36.5 Å². The first kappa shape index (κ1) is 13.9.